The Morgan fingerprint density at radius 3 is 2.54 bits per heavy atom. The Morgan fingerprint density at radius 1 is 1.27 bits per heavy atom. The zero-order chi connectivity index (χ0) is 19.3. The number of benzene rings is 1. The van der Waals surface area contributed by atoms with Crippen molar-refractivity contribution in [3.63, 3.8) is 0 Å². The van der Waals surface area contributed by atoms with Crippen molar-refractivity contribution in [3.8, 4) is 0 Å². The minimum Gasteiger partial charge on any atom is -0.465 e. The molecular weight excluding hydrogens is 368 g/mol. The molecule has 1 aromatic carbocycles. The van der Waals surface area contributed by atoms with E-state index in [1.54, 1.807) is 20.8 Å². The fourth-order valence-corrected chi connectivity index (χ4v) is 2.67. The lowest BCUT2D eigenvalue weighted by molar-refractivity contribution is -0.145. The summed E-state index contributed by atoms with van der Waals surface area (Å²) in [5, 5.41) is 9.89. The maximum absolute atomic E-state index is 13.6. The summed E-state index contributed by atoms with van der Waals surface area (Å²) in [6, 6.07) is 3.13. The SMILES string of the molecule is CCOC(=O)C(C)(C)Sc1nnc(CNC(=O)c2c(F)cccc2F)o1. The standard InChI is InChI=1S/C16H17F2N3O4S/c1-4-24-14(23)16(2,3)26-15-21-20-11(25-15)8-19-13(22)12-9(17)6-5-7-10(12)18/h5-7H,4,8H2,1-3H3,(H,19,22). The van der Waals surface area contributed by atoms with Crippen LogP contribution in [0.25, 0.3) is 0 Å². The molecule has 0 aliphatic heterocycles. The Hall–Kier alpha value is -2.49. The van der Waals surface area contributed by atoms with Gasteiger partial charge in [0.1, 0.15) is 21.9 Å². The molecule has 1 amide bonds. The Kier molecular flexibility index (Phi) is 6.30. The van der Waals surface area contributed by atoms with Gasteiger partial charge < -0.3 is 14.5 Å². The molecule has 0 saturated heterocycles. The molecule has 10 heteroatoms. The molecule has 0 aliphatic rings. The number of nitrogens with one attached hydrogen (secondary N) is 1. The molecule has 1 N–H and O–H groups in total. The van der Waals surface area contributed by atoms with E-state index in [1.807, 2.05) is 0 Å². The van der Waals surface area contributed by atoms with Crippen LogP contribution in [0.5, 0.6) is 0 Å². The van der Waals surface area contributed by atoms with Gasteiger partial charge in [-0.15, -0.1) is 10.2 Å². The smallest absolute Gasteiger partial charge is 0.322 e. The highest BCUT2D eigenvalue weighted by molar-refractivity contribution is 8.01. The molecule has 0 atom stereocenters. The van der Waals surface area contributed by atoms with Gasteiger partial charge in [-0.3, -0.25) is 9.59 Å². The summed E-state index contributed by atoms with van der Waals surface area (Å²) in [4.78, 5) is 23.8. The Labute approximate surface area is 152 Å². The molecular formula is C16H17F2N3O4S. The molecule has 0 aliphatic carbocycles. The van der Waals surface area contributed by atoms with Crippen molar-refractivity contribution in [2.75, 3.05) is 6.61 Å². The van der Waals surface area contributed by atoms with Crippen molar-refractivity contribution in [3.05, 3.63) is 41.3 Å². The van der Waals surface area contributed by atoms with Crippen LogP contribution in [-0.4, -0.2) is 33.4 Å². The van der Waals surface area contributed by atoms with Crippen LogP contribution in [0, 0.1) is 11.6 Å². The molecule has 0 spiro atoms. The number of aromatic nitrogens is 2. The van der Waals surface area contributed by atoms with Crippen LogP contribution in [0.4, 0.5) is 8.78 Å². The molecule has 140 valence electrons. The van der Waals surface area contributed by atoms with Crippen LogP contribution < -0.4 is 5.32 Å². The third-order valence-electron chi connectivity index (χ3n) is 3.15. The second-order valence-electron chi connectivity index (χ2n) is 5.57. The van der Waals surface area contributed by atoms with Crippen molar-refractivity contribution in [2.24, 2.45) is 0 Å². The second kappa shape index (κ2) is 8.26. The molecule has 0 fully saturated rings. The highest BCUT2D eigenvalue weighted by Crippen LogP contribution is 2.32. The van der Waals surface area contributed by atoms with Gasteiger partial charge >= 0.3 is 5.97 Å². The first-order valence-electron chi connectivity index (χ1n) is 7.65. The van der Waals surface area contributed by atoms with E-state index in [-0.39, 0.29) is 24.3 Å². The molecule has 26 heavy (non-hydrogen) atoms. The summed E-state index contributed by atoms with van der Waals surface area (Å²) < 4.78 is 36.4. The van der Waals surface area contributed by atoms with E-state index in [2.05, 4.69) is 15.5 Å². The van der Waals surface area contributed by atoms with Gasteiger partial charge in [-0.1, -0.05) is 6.07 Å². The van der Waals surface area contributed by atoms with Gasteiger partial charge in [-0.05, 0) is 44.7 Å². The highest BCUT2D eigenvalue weighted by atomic mass is 32.2. The van der Waals surface area contributed by atoms with Gasteiger partial charge in [0.25, 0.3) is 11.1 Å². The lowest BCUT2D eigenvalue weighted by Crippen LogP contribution is -2.30. The Morgan fingerprint density at radius 2 is 1.92 bits per heavy atom. The third kappa shape index (κ3) is 4.78. The molecule has 7 nitrogen and oxygen atoms in total. The average Bonchev–Trinajstić information content (AvgIpc) is 2.99. The third-order valence-corrected chi connectivity index (χ3v) is 4.16. The topological polar surface area (TPSA) is 94.3 Å². The molecule has 0 saturated carbocycles. The number of carbonyl (C=O) groups is 2. The molecule has 0 unspecified atom stereocenters. The summed E-state index contributed by atoms with van der Waals surface area (Å²) in [6.45, 7) is 5.01. The number of thioether (sulfide) groups is 1. The van der Waals surface area contributed by atoms with Crippen LogP contribution >= 0.6 is 11.8 Å². The van der Waals surface area contributed by atoms with Gasteiger partial charge in [0.05, 0.1) is 13.2 Å². The average molecular weight is 385 g/mol. The summed E-state index contributed by atoms with van der Waals surface area (Å²) in [6.07, 6.45) is 0. The van der Waals surface area contributed by atoms with Crippen LogP contribution in [0.3, 0.4) is 0 Å². The number of nitrogens with zero attached hydrogens (tertiary/aromatic N) is 2. The van der Waals surface area contributed by atoms with Crippen molar-refractivity contribution < 1.29 is 27.5 Å². The number of ether oxygens (including phenoxy) is 1. The maximum atomic E-state index is 13.6. The number of rotatable bonds is 7. The van der Waals surface area contributed by atoms with E-state index >= 15 is 0 Å². The monoisotopic (exact) mass is 385 g/mol. The minimum atomic E-state index is -0.972. The minimum absolute atomic E-state index is 0.0252. The zero-order valence-electron chi connectivity index (χ0n) is 14.3. The first kappa shape index (κ1) is 19.8. The molecule has 1 aromatic heterocycles. The van der Waals surface area contributed by atoms with E-state index in [4.69, 9.17) is 9.15 Å². The van der Waals surface area contributed by atoms with Crippen molar-refractivity contribution in [1.29, 1.82) is 0 Å². The number of amides is 1. The van der Waals surface area contributed by atoms with Gasteiger partial charge in [-0.25, -0.2) is 8.78 Å². The maximum Gasteiger partial charge on any atom is 0.322 e. The van der Waals surface area contributed by atoms with Gasteiger partial charge in [0.2, 0.25) is 5.89 Å². The van der Waals surface area contributed by atoms with Crippen molar-refractivity contribution >= 4 is 23.6 Å². The normalized spacial score (nSPS) is 11.3. The fraction of sp³-hybridized carbons (Fsp3) is 0.375. The Bertz CT molecular complexity index is 790. The summed E-state index contributed by atoms with van der Waals surface area (Å²) in [5.74, 6) is -3.30. The van der Waals surface area contributed by atoms with Gasteiger partial charge in [-0.2, -0.15) is 0 Å². The lowest BCUT2D eigenvalue weighted by Gasteiger charge is -2.18. The number of hydrogen-bond acceptors (Lipinski definition) is 7. The summed E-state index contributed by atoms with van der Waals surface area (Å²) in [5.41, 5.74) is -0.690. The molecule has 2 rings (SSSR count). The van der Waals surface area contributed by atoms with Crippen LogP contribution in [0.2, 0.25) is 0 Å². The van der Waals surface area contributed by atoms with E-state index in [0.717, 1.165) is 30.0 Å². The van der Waals surface area contributed by atoms with Gasteiger partial charge in [0.15, 0.2) is 0 Å². The second-order valence-corrected chi connectivity index (χ2v) is 7.15. The molecule has 0 bridgehead atoms. The predicted molar refractivity (Wildman–Crippen MR) is 88.4 cm³/mol. The highest BCUT2D eigenvalue weighted by Gasteiger charge is 2.33. The van der Waals surface area contributed by atoms with E-state index in [0.29, 0.717) is 0 Å². The van der Waals surface area contributed by atoms with Crippen molar-refractivity contribution in [1.82, 2.24) is 15.5 Å². The van der Waals surface area contributed by atoms with Crippen LogP contribution in [0.15, 0.2) is 27.8 Å². The number of esters is 1. The zero-order valence-corrected chi connectivity index (χ0v) is 15.2. The fourth-order valence-electron chi connectivity index (χ4n) is 1.87. The quantitative estimate of drug-likeness (QED) is 0.578. The predicted octanol–water partition coefficient (Wildman–Crippen LogP) is 2.71. The largest absolute Gasteiger partial charge is 0.465 e. The number of hydrogen-bond donors (Lipinski definition) is 1. The van der Waals surface area contributed by atoms with E-state index in [1.165, 1.54) is 0 Å². The van der Waals surface area contributed by atoms with E-state index in [9.17, 15) is 18.4 Å². The number of halogens is 2. The number of carbonyl (C=O) groups excluding carboxylic acids is 2. The lowest BCUT2D eigenvalue weighted by atomic mass is 10.2. The Balaban J connectivity index is 1.98. The van der Waals surface area contributed by atoms with Crippen LogP contribution in [0.1, 0.15) is 37.0 Å². The molecule has 2 aromatic rings. The van der Waals surface area contributed by atoms with Gasteiger partial charge in [0, 0.05) is 0 Å². The van der Waals surface area contributed by atoms with Crippen LogP contribution in [-0.2, 0) is 16.1 Å². The molecule has 0 radical (unpaired) electrons. The summed E-state index contributed by atoms with van der Waals surface area (Å²) in [7, 11) is 0. The first-order valence-corrected chi connectivity index (χ1v) is 8.47. The van der Waals surface area contributed by atoms with E-state index < -0.39 is 33.8 Å². The summed E-state index contributed by atoms with van der Waals surface area (Å²) >= 11 is 1.00. The molecule has 1 heterocycles. The first-order chi connectivity index (χ1) is 12.2. The van der Waals surface area contributed by atoms with Crippen molar-refractivity contribution in [2.45, 2.75) is 37.3 Å².